The van der Waals surface area contributed by atoms with Crippen molar-refractivity contribution in [2.45, 2.75) is 51.2 Å². The molecule has 0 bridgehead atoms. The van der Waals surface area contributed by atoms with E-state index in [4.69, 9.17) is 10.8 Å². The van der Waals surface area contributed by atoms with Gasteiger partial charge in [0.15, 0.2) is 0 Å². The minimum Gasteiger partial charge on any atom is -0.481 e. The molecule has 0 spiro atoms. The smallest absolute Gasteiger partial charge is 0.326 e. The maximum Gasteiger partial charge on any atom is 0.326 e. The van der Waals surface area contributed by atoms with E-state index in [1.165, 1.54) is 12.5 Å². The first-order valence-corrected chi connectivity index (χ1v) is 9.60. The molecule has 0 saturated heterocycles. The standard InChI is InChI=1S/C18H28N6O7/c1-3-9(2)15(18(30)31)24-17(29)12(4-10-6-20-8-22-10)23-13(25)7-21-16(28)11(19)5-14(26)27/h6,8-9,11-12,15H,3-5,7,19H2,1-2H3,(H,20,22)(H,21,28)(H,23,25)(H,24,29)(H,26,27)(H,30,31). The van der Waals surface area contributed by atoms with Gasteiger partial charge in [0.1, 0.15) is 12.1 Å². The maximum absolute atomic E-state index is 12.7. The van der Waals surface area contributed by atoms with Crippen LogP contribution in [0.4, 0.5) is 0 Å². The van der Waals surface area contributed by atoms with Crippen LogP contribution in [0.2, 0.25) is 0 Å². The highest BCUT2D eigenvalue weighted by Crippen LogP contribution is 2.09. The van der Waals surface area contributed by atoms with Crippen molar-refractivity contribution >= 4 is 29.7 Å². The zero-order valence-corrected chi connectivity index (χ0v) is 17.3. The second-order valence-corrected chi connectivity index (χ2v) is 7.03. The summed E-state index contributed by atoms with van der Waals surface area (Å²) >= 11 is 0. The van der Waals surface area contributed by atoms with Gasteiger partial charge < -0.3 is 36.9 Å². The molecule has 0 aliphatic rings. The lowest BCUT2D eigenvalue weighted by atomic mass is 9.98. The molecule has 1 heterocycles. The van der Waals surface area contributed by atoms with Crippen LogP contribution in [-0.2, 0) is 30.4 Å². The number of nitrogens with one attached hydrogen (secondary N) is 4. The third-order valence-corrected chi connectivity index (χ3v) is 4.56. The van der Waals surface area contributed by atoms with Crippen molar-refractivity contribution in [3.8, 4) is 0 Å². The normalized spacial score (nSPS) is 14.5. The first-order valence-electron chi connectivity index (χ1n) is 9.60. The Morgan fingerprint density at radius 3 is 2.35 bits per heavy atom. The van der Waals surface area contributed by atoms with Gasteiger partial charge >= 0.3 is 11.9 Å². The van der Waals surface area contributed by atoms with E-state index < -0.39 is 60.8 Å². The number of imidazole rings is 1. The molecule has 3 amide bonds. The summed E-state index contributed by atoms with van der Waals surface area (Å²) in [6.07, 6.45) is 2.73. The lowest BCUT2D eigenvalue weighted by Crippen LogP contribution is -2.55. The fourth-order valence-corrected chi connectivity index (χ4v) is 2.59. The van der Waals surface area contributed by atoms with E-state index in [2.05, 4.69) is 25.9 Å². The molecule has 1 aromatic heterocycles. The topological polar surface area (TPSA) is 217 Å². The number of rotatable bonds is 13. The van der Waals surface area contributed by atoms with E-state index in [9.17, 15) is 29.1 Å². The number of aromatic amines is 1. The van der Waals surface area contributed by atoms with E-state index in [0.29, 0.717) is 12.1 Å². The molecule has 172 valence electrons. The third-order valence-electron chi connectivity index (χ3n) is 4.56. The lowest BCUT2D eigenvalue weighted by molar-refractivity contribution is -0.143. The minimum atomic E-state index is -1.33. The monoisotopic (exact) mass is 440 g/mol. The summed E-state index contributed by atoms with van der Waals surface area (Å²) in [5, 5.41) is 25.1. The lowest BCUT2D eigenvalue weighted by Gasteiger charge is -2.24. The number of hydrogen-bond acceptors (Lipinski definition) is 7. The molecule has 4 unspecified atom stereocenters. The number of amides is 3. The molecular formula is C18H28N6O7. The Hall–Kier alpha value is -3.48. The Morgan fingerprint density at radius 1 is 1.16 bits per heavy atom. The van der Waals surface area contributed by atoms with Crippen molar-refractivity contribution in [3.05, 3.63) is 18.2 Å². The first-order chi connectivity index (χ1) is 14.5. The summed E-state index contributed by atoms with van der Waals surface area (Å²) in [5.41, 5.74) is 5.93. The van der Waals surface area contributed by atoms with Crippen molar-refractivity contribution in [1.82, 2.24) is 25.9 Å². The van der Waals surface area contributed by atoms with E-state index >= 15 is 0 Å². The molecular weight excluding hydrogens is 412 g/mol. The van der Waals surface area contributed by atoms with Crippen molar-refractivity contribution in [3.63, 3.8) is 0 Å². The summed E-state index contributed by atoms with van der Waals surface area (Å²) in [7, 11) is 0. The molecule has 1 rings (SSSR count). The van der Waals surface area contributed by atoms with Crippen LogP contribution < -0.4 is 21.7 Å². The first kappa shape index (κ1) is 25.6. The SMILES string of the molecule is CCC(C)C(NC(=O)C(Cc1cnc[nH]1)NC(=O)CNC(=O)C(N)CC(=O)O)C(=O)O. The van der Waals surface area contributed by atoms with Gasteiger partial charge in [-0.1, -0.05) is 20.3 Å². The molecule has 1 aromatic rings. The number of aliphatic carboxylic acids is 2. The van der Waals surface area contributed by atoms with Gasteiger partial charge in [-0.3, -0.25) is 19.2 Å². The summed E-state index contributed by atoms with van der Waals surface area (Å²) < 4.78 is 0. The fraction of sp³-hybridized carbons (Fsp3) is 0.556. The molecule has 31 heavy (non-hydrogen) atoms. The molecule has 0 aromatic carbocycles. The van der Waals surface area contributed by atoms with E-state index in [-0.39, 0.29) is 12.3 Å². The second-order valence-electron chi connectivity index (χ2n) is 7.03. The number of carboxylic acids is 2. The molecule has 0 aliphatic carbocycles. The van der Waals surface area contributed by atoms with Crippen LogP contribution in [0.15, 0.2) is 12.5 Å². The predicted molar refractivity (Wildman–Crippen MR) is 106 cm³/mol. The van der Waals surface area contributed by atoms with Crippen LogP contribution in [0.1, 0.15) is 32.4 Å². The quantitative estimate of drug-likeness (QED) is 0.180. The summed E-state index contributed by atoms with van der Waals surface area (Å²) in [5.74, 6) is -5.11. The molecule has 8 N–H and O–H groups in total. The van der Waals surface area contributed by atoms with Gasteiger partial charge in [0.2, 0.25) is 17.7 Å². The fourth-order valence-electron chi connectivity index (χ4n) is 2.59. The average molecular weight is 440 g/mol. The molecule has 0 fully saturated rings. The Labute approximate surface area is 178 Å². The number of aromatic nitrogens is 2. The third kappa shape index (κ3) is 8.82. The van der Waals surface area contributed by atoms with Crippen LogP contribution in [0.5, 0.6) is 0 Å². The number of carboxylic acid groups (broad SMARTS) is 2. The van der Waals surface area contributed by atoms with Gasteiger partial charge in [0, 0.05) is 18.3 Å². The van der Waals surface area contributed by atoms with E-state index in [1.807, 2.05) is 0 Å². The van der Waals surface area contributed by atoms with E-state index in [1.54, 1.807) is 13.8 Å². The average Bonchev–Trinajstić information content (AvgIpc) is 3.21. The number of H-pyrrole nitrogens is 1. The van der Waals surface area contributed by atoms with Crippen molar-refractivity contribution in [1.29, 1.82) is 0 Å². The van der Waals surface area contributed by atoms with Gasteiger partial charge in [0.25, 0.3) is 0 Å². The van der Waals surface area contributed by atoms with Gasteiger partial charge in [-0.15, -0.1) is 0 Å². The van der Waals surface area contributed by atoms with Crippen LogP contribution in [0, 0.1) is 5.92 Å². The Morgan fingerprint density at radius 2 is 1.84 bits per heavy atom. The number of hydrogen-bond donors (Lipinski definition) is 7. The largest absolute Gasteiger partial charge is 0.481 e. The molecule has 0 saturated carbocycles. The second kappa shape index (κ2) is 12.3. The van der Waals surface area contributed by atoms with Gasteiger partial charge in [-0.05, 0) is 5.92 Å². The number of carbonyl (C=O) groups excluding carboxylic acids is 3. The van der Waals surface area contributed by atoms with Gasteiger partial charge in [-0.25, -0.2) is 9.78 Å². The molecule has 13 nitrogen and oxygen atoms in total. The summed E-state index contributed by atoms with van der Waals surface area (Å²) in [6.45, 7) is 2.92. The van der Waals surface area contributed by atoms with Crippen LogP contribution >= 0.6 is 0 Å². The predicted octanol–water partition coefficient (Wildman–Crippen LogP) is -2.03. The number of nitrogens with two attached hydrogens (primary N) is 1. The van der Waals surface area contributed by atoms with Crippen LogP contribution in [0.3, 0.4) is 0 Å². The minimum absolute atomic E-state index is 0.00308. The van der Waals surface area contributed by atoms with Crippen molar-refractivity contribution in [2.24, 2.45) is 11.7 Å². The zero-order valence-electron chi connectivity index (χ0n) is 17.3. The summed E-state index contributed by atoms with van der Waals surface area (Å²) in [4.78, 5) is 65.4. The summed E-state index contributed by atoms with van der Waals surface area (Å²) in [6, 6.07) is -3.63. The molecule has 0 aliphatic heterocycles. The van der Waals surface area contributed by atoms with Gasteiger partial charge in [0.05, 0.1) is 25.3 Å². The molecule has 4 atom stereocenters. The van der Waals surface area contributed by atoms with Crippen molar-refractivity contribution in [2.75, 3.05) is 6.54 Å². The highest BCUT2D eigenvalue weighted by atomic mass is 16.4. The number of nitrogens with zero attached hydrogens (tertiary/aromatic N) is 1. The molecule has 0 radical (unpaired) electrons. The highest BCUT2D eigenvalue weighted by Gasteiger charge is 2.30. The highest BCUT2D eigenvalue weighted by molar-refractivity contribution is 5.93. The van der Waals surface area contributed by atoms with E-state index in [0.717, 1.165) is 0 Å². The van der Waals surface area contributed by atoms with Crippen molar-refractivity contribution < 1.29 is 34.2 Å². The Kier molecular flexibility index (Phi) is 10.1. The Bertz CT molecular complexity index is 782. The molecule has 13 heteroatoms. The zero-order chi connectivity index (χ0) is 23.6. The maximum atomic E-state index is 12.7. The van der Waals surface area contributed by atoms with Crippen LogP contribution in [0.25, 0.3) is 0 Å². The van der Waals surface area contributed by atoms with Gasteiger partial charge in [-0.2, -0.15) is 0 Å². The Balaban J connectivity index is 2.80. The number of carbonyl (C=O) groups is 5. The van der Waals surface area contributed by atoms with Crippen LogP contribution in [-0.4, -0.2) is 74.5 Å².